The summed E-state index contributed by atoms with van der Waals surface area (Å²) in [5.74, 6) is -1.48. The molecule has 2 aromatic rings. The molecule has 3 rings (SSSR count). The number of carboxylic acid groups (broad SMARTS) is 1. The van der Waals surface area contributed by atoms with Crippen molar-refractivity contribution < 1.29 is 19.4 Å². The summed E-state index contributed by atoms with van der Waals surface area (Å²) < 4.78 is 12.1. The SMILES string of the molecule is CCC(CC1(c2ccccc2)Oc2ccc(Cl)cc2O1)C(=O)O. The van der Waals surface area contributed by atoms with Crippen molar-refractivity contribution in [1.29, 1.82) is 0 Å². The molecule has 0 amide bonds. The van der Waals surface area contributed by atoms with Crippen molar-refractivity contribution in [3.05, 3.63) is 59.1 Å². The highest BCUT2D eigenvalue weighted by Gasteiger charge is 2.46. The van der Waals surface area contributed by atoms with Crippen LogP contribution in [-0.4, -0.2) is 11.1 Å². The number of carboxylic acids is 1. The van der Waals surface area contributed by atoms with Crippen molar-refractivity contribution in [1.82, 2.24) is 0 Å². The van der Waals surface area contributed by atoms with Crippen molar-refractivity contribution in [3.8, 4) is 11.5 Å². The Hall–Kier alpha value is -2.20. The summed E-state index contributed by atoms with van der Waals surface area (Å²) >= 11 is 6.02. The molecule has 0 fully saturated rings. The molecule has 120 valence electrons. The number of benzene rings is 2. The summed E-state index contributed by atoms with van der Waals surface area (Å²) in [5, 5.41) is 9.97. The molecule has 0 saturated heterocycles. The minimum absolute atomic E-state index is 0.217. The van der Waals surface area contributed by atoms with E-state index >= 15 is 0 Å². The zero-order valence-electron chi connectivity index (χ0n) is 12.7. The van der Waals surface area contributed by atoms with Crippen molar-refractivity contribution in [3.63, 3.8) is 0 Å². The minimum Gasteiger partial charge on any atom is -0.481 e. The second-order valence-electron chi connectivity index (χ2n) is 5.56. The lowest BCUT2D eigenvalue weighted by atomic mass is 9.91. The van der Waals surface area contributed by atoms with Crippen LogP contribution in [-0.2, 0) is 10.6 Å². The highest BCUT2D eigenvalue weighted by molar-refractivity contribution is 6.30. The molecule has 1 aliphatic rings. The average molecular weight is 333 g/mol. The van der Waals surface area contributed by atoms with Crippen LogP contribution in [0.25, 0.3) is 0 Å². The monoisotopic (exact) mass is 332 g/mol. The van der Waals surface area contributed by atoms with Gasteiger partial charge < -0.3 is 14.6 Å². The van der Waals surface area contributed by atoms with Crippen LogP contribution < -0.4 is 9.47 Å². The Labute approximate surface area is 139 Å². The number of ether oxygens (including phenoxy) is 2. The average Bonchev–Trinajstić information content (AvgIpc) is 2.92. The van der Waals surface area contributed by atoms with Gasteiger partial charge in [-0.3, -0.25) is 4.79 Å². The lowest BCUT2D eigenvalue weighted by Crippen LogP contribution is -2.39. The van der Waals surface area contributed by atoms with E-state index in [1.54, 1.807) is 18.2 Å². The van der Waals surface area contributed by atoms with Gasteiger partial charge in [0.2, 0.25) is 0 Å². The quantitative estimate of drug-likeness (QED) is 0.878. The maximum Gasteiger partial charge on any atom is 0.306 e. The molecule has 1 N–H and O–H groups in total. The van der Waals surface area contributed by atoms with E-state index < -0.39 is 17.7 Å². The predicted molar refractivity (Wildman–Crippen MR) is 86.9 cm³/mol. The number of carbonyl (C=O) groups is 1. The van der Waals surface area contributed by atoms with Crippen molar-refractivity contribution in [2.24, 2.45) is 5.92 Å². The minimum atomic E-state index is -1.15. The third-order valence-electron chi connectivity index (χ3n) is 4.03. The maximum absolute atomic E-state index is 11.5. The summed E-state index contributed by atoms with van der Waals surface area (Å²) in [6, 6.07) is 14.5. The number of fused-ring (bicyclic) bond motifs is 1. The fourth-order valence-electron chi connectivity index (χ4n) is 2.76. The van der Waals surface area contributed by atoms with E-state index in [4.69, 9.17) is 21.1 Å². The van der Waals surface area contributed by atoms with Crippen LogP contribution in [0, 0.1) is 5.92 Å². The first-order valence-electron chi connectivity index (χ1n) is 7.50. The van der Waals surface area contributed by atoms with E-state index in [-0.39, 0.29) is 6.42 Å². The molecule has 0 saturated carbocycles. The summed E-state index contributed by atoms with van der Waals surface area (Å²) in [5.41, 5.74) is 0.784. The Morgan fingerprint density at radius 2 is 1.87 bits per heavy atom. The first-order chi connectivity index (χ1) is 11.0. The molecule has 0 aromatic heterocycles. The van der Waals surface area contributed by atoms with Crippen LogP contribution in [0.2, 0.25) is 5.02 Å². The van der Waals surface area contributed by atoms with E-state index in [1.807, 2.05) is 37.3 Å². The highest BCUT2D eigenvalue weighted by atomic mass is 35.5. The van der Waals surface area contributed by atoms with Gasteiger partial charge in [-0.1, -0.05) is 48.9 Å². The Kier molecular flexibility index (Phi) is 4.18. The fraction of sp³-hybridized carbons (Fsp3) is 0.278. The van der Waals surface area contributed by atoms with Gasteiger partial charge in [0.1, 0.15) is 0 Å². The molecule has 0 spiro atoms. The van der Waals surface area contributed by atoms with Gasteiger partial charge in [-0.2, -0.15) is 0 Å². The van der Waals surface area contributed by atoms with Gasteiger partial charge >= 0.3 is 5.97 Å². The topological polar surface area (TPSA) is 55.8 Å². The number of rotatable bonds is 5. The van der Waals surface area contributed by atoms with Crippen LogP contribution >= 0.6 is 11.6 Å². The van der Waals surface area contributed by atoms with Crippen LogP contribution in [0.3, 0.4) is 0 Å². The lowest BCUT2D eigenvalue weighted by Gasteiger charge is -2.30. The van der Waals surface area contributed by atoms with Crippen LogP contribution in [0.1, 0.15) is 25.3 Å². The molecule has 1 heterocycles. The van der Waals surface area contributed by atoms with Gasteiger partial charge in [0.25, 0.3) is 5.79 Å². The van der Waals surface area contributed by atoms with Crippen LogP contribution in [0.4, 0.5) is 0 Å². The standard InChI is InChI=1S/C18H17ClO4/c1-2-12(17(20)21)11-18(13-6-4-3-5-7-13)22-15-9-8-14(19)10-16(15)23-18/h3-10,12H,2,11H2,1H3,(H,20,21). The smallest absolute Gasteiger partial charge is 0.306 e. The molecule has 0 bridgehead atoms. The van der Waals surface area contributed by atoms with Crippen molar-refractivity contribution >= 4 is 17.6 Å². The fourth-order valence-corrected chi connectivity index (χ4v) is 2.93. The van der Waals surface area contributed by atoms with E-state index in [0.717, 1.165) is 5.56 Å². The summed E-state index contributed by atoms with van der Waals surface area (Å²) in [6.45, 7) is 1.84. The third kappa shape index (κ3) is 2.99. The third-order valence-corrected chi connectivity index (χ3v) is 4.26. The van der Waals surface area contributed by atoms with Crippen LogP contribution in [0.15, 0.2) is 48.5 Å². The summed E-state index contributed by atoms with van der Waals surface area (Å²) in [7, 11) is 0. The Morgan fingerprint density at radius 3 is 2.52 bits per heavy atom. The first kappa shape index (κ1) is 15.7. The van der Waals surface area contributed by atoms with Gasteiger partial charge in [0, 0.05) is 23.1 Å². The first-order valence-corrected chi connectivity index (χ1v) is 7.88. The summed E-state index contributed by atoms with van der Waals surface area (Å²) in [6.07, 6.45) is 0.711. The normalized spacial score (nSPS) is 20.3. The van der Waals surface area contributed by atoms with E-state index in [9.17, 15) is 9.90 Å². The molecule has 2 aromatic carbocycles. The second kappa shape index (κ2) is 6.13. The number of hydrogen-bond acceptors (Lipinski definition) is 3. The second-order valence-corrected chi connectivity index (χ2v) is 6.00. The van der Waals surface area contributed by atoms with Gasteiger partial charge in [-0.05, 0) is 18.6 Å². The molecule has 0 aliphatic carbocycles. The van der Waals surface area contributed by atoms with Crippen molar-refractivity contribution in [2.45, 2.75) is 25.6 Å². The largest absolute Gasteiger partial charge is 0.481 e. The van der Waals surface area contributed by atoms with Crippen LogP contribution in [0.5, 0.6) is 11.5 Å². The molecule has 2 atom stereocenters. The lowest BCUT2D eigenvalue weighted by molar-refractivity contribution is -0.151. The van der Waals surface area contributed by atoms with E-state index in [0.29, 0.717) is 22.9 Å². The van der Waals surface area contributed by atoms with Gasteiger partial charge in [-0.25, -0.2) is 0 Å². The zero-order valence-corrected chi connectivity index (χ0v) is 13.4. The molecule has 4 nitrogen and oxygen atoms in total. The van der Waals surface area contributed by atoms with Gasteiger partial charge in [0.15, 0.2) is 11.5 Å². The number of hydrogen-bond donors (Lipinski definition) is 1. The summed E-state index contributed by atoms with van der Waals surface area (Å²) in [4.78, 5) is 11.5. The Bertz CT molecular complexity index is 716. The number of halogens is 1. The van der Waals surface area contributed by atoms with Gasteiger partial charge in [-0.15, -0.1) is 0 Å². The highest BCUT2D eigenvalue weighted by Crippen LogP contribution is 2.48. The van der Waals surface area contributed by atoms with E-state index in [1.165, 1.54) is 0 Å². The number of aliphatic carboxylic acids is 1. The molecule has 2 unspecified atom stereocenters. The Balaban J connectivity index is 2.01. The molecule has 1 aliphatic heterocycles. The molecular formula is C18H17ClO4. The maximum atomic E-state index is 11.5. The zero-order chi connectivity index (χ0) is 16.4. The van der Waals surface area contributed by atoms with E-state index in [2.05, 4.69) is 0 Å². The molecule has 5 heteroatoms. The predicted octanol–water partition coefficient (Wildman–Crippen LogP) is 4.47. The molecular weight excluding hydrogens is 316 g/mol. The Morgan fingerprint density at radius 1 is 1.17 bits per heavy atom. The van der Waals surface area contributed by atoms with Gasteiger partial charge in [0.05, 0.1) is 5.92 Å². The van der Waals surface area contributed by atoms with Crippen molar-refractivity contribution in [2.75, 3.05) is 0 Å². The molecule has 23 heavy (non-hydrogen) atoms. The molecule has 0 radical (unpaired) electrons.